The minimum atomic E-state index is -1.29. The van der Waals surface area contributed by atoms with Crippen LogP contribution < -0.4 is 10.2 Å². The Morgan fingerprint density at radius 3 is 2.40 bits per heavy atom. The lowest BCUT2D eigenvalue weighted by Gasteiger charge is -2.39. The molecule has 3 aliphatic heterocycles. The fraction of sp³-hybridized carbons (Fsp3) is 0.250. The van der Waals surface area contributed by atoms with Crippen LogP contribution in [0.3, 0.4) is 0 Å². The summed E-state index contributed by atoms with van der Waals surface area (Å²) >= 11 is 1.37. The number of carbonyl (C=O) groups excluding carboxylic acids is 3. The Kier molecular flexibility index (Phi) is 6.28. The maximum Gasteiger partial charge on any atom is 0.238 e. The molecule has 0 unspecified atom stereocenters. The number of carbonyl (C=O) groups is 3. The number of Topliss-reactive ketones (excluding diaryl/α,β-unsaturated/α-hetero) is 2. The highest BCUT2D eigenvalue weighted by atomic mass is 32.1. The van der Waals surface area contributed by atoms with Crippen LogP contribution in [-0.4, -0.2) is 29.6 Å². The zero-order valence-electron chi connectivity index (χ0n) is 23.8. The predicted molar refractivity (Wildman–Crippen MR) is 168 cm³/mol. The monoisotopic (exact) mass is 572 g/mol. The molecule has 4 heterocycles. The first-order valence-corrected chi connectivity index (χ1v) is 15.4. The molecular formula is C36H32N2O3S. The molecule has 5 nitrogen and oxygen atoms in total. The Morgan fingerprint density at radius 2 is 1.67 bits per heavy atom. The van der Waals surface area contributed by atoms with Crippen molar-refractivity contribution in [2.75, 3.05) is 10.2 Å². The average Bonchev–Trinajstić information content (AvgIpc) is 3.70. The van der Waals surface area contributed by atoms with Crippen molar-refractivity contribution < 1.29 is 14.4 Å². The molecule has 3 aromatic carbocycles. The molecule has 4 atom stereocenters. The van der Waals surface area contributed by atoms with Crippen LogP contribution in [0.4, 0.5) is 11.4 Å². The van der Waals surface area contributed by atoms with Crippen molar-refractivity contribution in [1.29, 1.82) is 0 Å². The number of ketones is 2. The summed E-state index contributed by atoms with van der Waals surface area (Å²) in [6.45, 7) is 6.38. The van der Waals surface area contributed by atoms with Crippen LogP contribution in [0.5, 0.6) is 0 Å². The lowest BCUT2D eigenvalue weighted by atomic mass is 9.64. The standard InChI is InChI=1S/C36H32N2O3S/c1-21(2)19-23-14-16-24(17-15-23)33(39)31-32(34(40)29-13-8-18-42-29)38-28-12-7-4-9-25(28)22(3)20-30(38)36(31)26-10-5-6-11-27(26)37-35(36)41/h4-18,20-21,30-32H,19H2,1-3H3,(H,37,41)/t30-,31+,32-,36-/m0/s1. The molecule has 0 saturated carbocycles. The summed E-state index contributed by atoms with van der Waals surface area (Å²) in [5, 5.41) is 4.99. The lowest BCUT2D eigenvalue weighted by molar-refractivity contribution is -0.121. The Labute approximate surface area is 249 Å². The number of hydrogen-bond acceptors (Lipinski definition) is 5. The van der Waals surface area contributed by atoms with Gasteiger partial charge in [-0.25, -0.2) is 0 Å². The van der Waals surface area contributed by atoms with Gasteiger partial charge < -0.3 is 10.2 Å². The van der Waals surface area contributed by atoms with E-state index < -0.39 is 23.4 Å². The van der Waals surface area contributed by atoms with Gasteiger partial charge in [-0.05, 0) is 59.5 Å². The molecule has 1 amide bonds. The summed E-state index contributed by atoms with van der Waals surface area (Å²) < 4.78 is 0. The summed E-state index contributed by atoms with van der Waals surface area (Å²) in [7, 11) is 0. The van der Waals surface area contributed by atoms with Gasteiger partial charge in [0.1, 0.15) is 11.5 Å². The minimum Gasteiger partial charge on any atom is -0.352 e. The highest BCUT2D eigenvalue weighted by molar-refractivity contribution is 7.12. The van der Waals surface area contributed by atoms with Crippen molar-refractivity contribution in [3.8, 4) is 0 Å². The summed E-state index contributed by atoms with van der Waals surface area (Å²) in [6, 6.07) is 25.6. The van der Waals surface area contributed by atoms with Gasteiger partial charge in [0.25, 0.3) is 0 Å². The van der Waals surface area contributed by atoms with Crippen LogP contribution in [0.2, 0.25) is 0 Å². The summed E-state index contributed by atoms with van der Waals surface area (Å²) in [6.07, 6.45) is 3.01. The van der Waals surface area contributed by atoms with E-state index in [-0.39, 0.29) is 17.5 Å². The number of para-hydroxylation sites is 2. The number of benzene rings is 3. The highest BCUT2D eigenvalue weighted by Crippen LogP contribution is 2.58. The molecule has 210 valence electrons. The van der Waals surface area contributed by atoms with Crippen LogP contribution in [0, 0.1) is 11.8 Å². The Morgan fingerprint density at radius 1 is 0.929 bits per heavy atom. The third-order valence-electron chi connectivity index (χ3n) is 9.08. The fourth-order valence-corrected chi connectivity index (χ4v) is 8.11. The summed E-state index contributed by atoms with van der Waals surface area (Å²) in [4.78, 5) is 46.7. The molecular weight excluding hydrogens is 540 g/mol. The van der Waals surface area contributed by atoms with Gasteiger partial charge in [0, 0.05) is 22.5 Å². The number of amides is 1. The van der Waals surface area contributed by atoms with Crippen LogP contribution >= 0.6 is 11.3 Å². The SMILES string of the molecule is CC1=C[C@@H]2N(c3ccccc31)[C@H](C(=O)c1cccs1)[C@H](C(=O)c1ccc(CC(C)C)cc1)[C@@]21C(=O)Nc2ccccc21. The Bertz CT molecular complexity index is 1750. The van der Waals surface area contributed by atoms with Crippen molar-refractivity contribution in [3.63, 3.8) is 0 Å². The van der Waals surface area contributed by atoms with E-state index in [4.69, 9.17) is 0 Å². The van der Waals surface area contributed by atoms with Gasteiger partial charge in [0.05, 0.1) is 16.8 Å². The molecule has 3 aliphatic rings. The van der Waals surface area contributed by atoms with E-state index in [9.17, 15) is 14.4 Å². The maximum atomic E-state index is 14.9. The normalized spacial score (nSPS) is 23.8. The van der Waals surface area contributed by atoms with Crippen molar-refractivity contribution in [2.45, 2.75) is 44.7 Å². The van der Waals surface area contributed by atoms with Crippen LogP contribution in [0.25, 0.3) is 5.57 Å². The average molecular weight is 573 g/mol. The number of nitrogens with one attached hydrogen (secondary N) is 1. The molecule has 0 bridgehead atoms. The fourth-order valence-electron chi connectivity index (χ4n) is 7.41. The number of hydrogen-bond donors (Lipinski definition) is 1. The van der Waals surface area contributed by atoms with Crippen molar-refractivity contribution >= 4 is 45.8 Å². The zero-order valence-corrected chi connectivity index (χ0v) is 24.7. The molecule has 7 rings (SSSR count). The van der Waals surface area contributed by atoms with Crippen molar-refractivity contribution in [1.82, 2.24) is 0 Å². The Balaban J connectivity index is 1.50. The number of thiophene rings is 1. The van der Waals surface area contributed by atoms with Gasteiger partial charge >= 0.3 is 0 Å². The van der Waals surface area contributed by atoms with E-state index >= 15 is 0 Å². The molecule has 6 heteroatoms. The second-order valence-corrected chi connectivity index (χ2v) is 13.0. The maximum absolute atomic E-state index is 14.9. The number of rotatable bonds is 6. The molecule has 0 radical (unpaired) electrons. The second kappa shape index (κ2) is 9.92. The first-order valence-electron chi connectivity index (χ1n) is 14.5. The molecule has 4 aromatic rings. The number of nitrogens with zero attached hydrogens (tertiary/aromatic N) is 1. The van der Waals surface area contributed by atoms with E-state index in [1.165, 1.54) is 11.3 Å². The third-order valence-corrected chi connectivity index (χ3v) is 9.97. The molecule has 0 aliphatic carbocycles. The predicted octanol–water partition coefficient (Wildman–Crippen LogP) is 7.19. The van der Waals surface area contributed by atoms with E-state index in [1.807, 2.05) is 97.2 Å². The van der Waals surface area contributed by atoms with Gasteiger partial charge in [-0.3, -0.25) is 14.4 Å². The molecule has 1 aromatic heterocycles. The summed E-state index contributed by atoms with van der Waals surface area (Å²) in [5.74, 6) is -1.03. The number of fused-ring (bicyclic) bond motifs is 6. The lowest BCUT2D eigenvalue weighted by Crippen LogP contribution is -2.51. The summed E-state index contributed by atoms with van der Waals surface area (Å²) in [5.41, 5.74) is 4.74. The Hall–Kier alpha value is -4.29. The van der Waals surface area contributed by atoms with E-state index in [2.05, 4.69) is 30.1 Å². The first kappa shape index (κ1) is 26.6. The van der Waals surface area contributed by atoms with Crippen LogP contribution in [0.15, 0.2) is 96.4 Å². The van der Waals surface area contributed by atoms with Gasteiger partial charge in [-0.2, -0.15) is 0 Å². The van der Waals surface area contributed by atoms with Crippen LogP contribution in [0.1, 0.15) is 57.5 Å². The topological polar surface area (TPSA) is 66.5 Å². The highest BCUT2D eigenvalue weighted by Gasteiger charge is 2.70. The zero-order chi connectivity index (χ0) is 29.2. The van der Waals surface area contributed by atoms with Gasteiger partial charge in [0.15, 0.2) is 11.6 Å². The number of allylic oxidation sites excluding steroid dienone is 1. The van der Waals surface area contributed by atoms with Crippen LogP contribution in [-0.2, 0) is 16.6 Å². The molecule has 1 saturated heterocycles. The number of anilines is 2. The third kappa shape index (κ3) is 3.78. The van der Waals surface area contributed by atoms with E-state index in [0.29, 0.717) is 22.0 Å². The van der Waals surface area contributed by atoms with Crippen molar-refractivity contribution in [2.24, 2.45) is 11.8 Å². The van der Waals surface area contributed by atoms with Crippen molar-refractivity contribution in [3.05, 3.63) is 124 Å². The van der Waals surface area contributed by atoms with E-state index in [0.717, 1.165) is 34.4 Å². The smallest absolute Gasteiger partial charge is 0.238 e. The van der Waals surface area contributed by atoms with Gasteiger partial charge in [-0.1, -0.05) is 86.7 Å². The second-order valence-electron chi connectivity index (χ2n) is 12.0. The largest absolute Gasteiger partial charge is 0.352 e. The molecule has 1 fully saturated rings. The molecule has 1 spiro atoms. The molecule has 42 heavy (non-hydrogen) atoms. The first-order chi connectivity index (χ1) is 20.3. The van der Waals surface area contributed by atoms with E-state index in [1.54, 1.807) is 0 Å². The van der Waals surface area contributed by atoms with Gasteiger partial charge in [-0.15, -0.1) is 11.3 Å². The quantitative estimate of drug-likeness (QED) is 0.248. The minimum absolute atomic E-state index is 0.137. The molecule has 1 N–H and O–H groups in total. The van der Waals surface area contributed by atoms with Gasteiger partial charge in [0.2, 0.25) is 5.91 Å².